The summed E-state index contributed by atoms with van der Waals surface area (Å²) in [4.78, 5) is 8.31. The van der Waals surface area contributed by atoms with Gasteiger partial charge in [0, 0.05) is 18.8 Å². The number of hydrogen-bond acceptors (Lipinski definition) is 5. The molecule has 1 N–H and O–H groups in total. The Morgan fingerprint density at radius 2 is 2.20 bits per heavy atom. The molecule has 0 bridgehead atoms. The van der Waals surface area contributed by atoms with E-state index in [2.05, 4.69) is 15.3 Å². The van der Waals surface area contributed by atoms with Crippen molar-refractivity contribution in [2.75, 3.05) is 5.32 Å². The molecular weight excluding hydrogens is 252 g/mol. The molecule has 20 heavy (non-hydrogen) atoms. The molecular formula is C15H16N4O. The highest BCUT2D eigenvalue weighted by atomic mass is 16.5. The SMILES string of the molecule is CC(C)Oc1cc(CNc2cccc(C#N)n2)ccn1. The summed E-state index contributed by atoms with van der Waals surface area (Å²) in [7, 11) is 0. The maximum Gasteiger partial charge on any atom is 0.213 e. The van der Waals surface area contributed by atoms with Gasteiger partial charge in [-0.25, -0.2) is 9.97 Å². The average Bonchev–Trinajstić information content (AvgIpc) is 2.45. The van der Waals surface area contributed by atoms with Crippen molar-refractivity contribution in [1.82, 2.24) is 9.97 Å². The summed E-state index contributed by atoms with van der Waals surface area (Å²) < 4.78 is 5.55. The minimum Gasteiger partial charge on any atom is -0.475 e. The molecule has 0 fully saturated rings. The minimum atomic E-state index is 0.0969. The summed E-state index contributed by atoms with van der Waals surface area (Å²) in [6.45, 7) is 4.52. The molecule has 0 saturated heterocycles. The molecule has 2 aromatic rings. The van der Waals surface area contributed by atoms with Crippen molar-refractivity contribution in [2.45, 2.75) is 26.5 Å². The Kier molecular flexibility index (Phi) is 4.51. The van der Waals surface area contributed by atoms with Crippen molar-refractivity contribution in [3.05, 3.63) is 47.8 Å². The highest BCUT2D eigenvalue weighted by Crippen LogP contribution is 2.13. The zero-order valence-corrected chi connectivity index (χ0v) is 11.5. The summed E-state index contributed by atoms with van der Waals surface area (Å²) in [6.07, 6.45) is 1.81. The maximum absolute atomic E-state index is 8.80. The predicted octanol–water partition coefficient (Wildman–Crippen LogP) is 2.75. The standard InChI is InChI=1S/C15H16N4O/c1-11(2)20-15-8-12(6-7-17-15)10-18-14-5-3-4-13(9-16)19-14/h3-8,11H,10H2,1-2H3,(H,18,19). The van der Waals surface area contributed by atoms with Gasteiger partial charge in [-0.1, -0.05) is 6.07 Å². The van der Waals surface area contributed by atoms with Crippen LogP contribution in [0.3, 0.4) is 0 Å². The number of rotatable bonds is 5. The molecule has 0 aliphatic heterocycles. The van der Waals surface area contributed by atoms with Crippen LogP contribution < -0.4 is 10.1 Å². The largest absolute Gasteiger partial charge is 0.475 e. The Hall–Kier alpha value is -2.61. The van der Waals surface area contributed by atoms with Gasteiger partial charge in [0.25, 0.3) is 0 Å². The van der Waals surface area contributed by atoms with Gasteiger partial charge >= 0.3 is 0 Å². The first-order valence-electron chi connectivity index (χ1n) is 6.40. The van der Waals surface area contributed by atoms with Crippen LogP contribution in [0, 0.1) is 11.3 Å². The van der Waals surface area contributed by atoms with Gasteiger partial charge in [0.1, 0.15) is 17.6 Å². The number of anilines is 1. The van der Waals surface area contributed by atoms with E-state index in [1.165, 1.54) is 0 Å². The smallest absolute Gasteiger partial charge is 0.213 e. The second-order valence-corrected chi connectivity index (χ2v) is 4.54. The molecule has 2 heterocycles. The van der Waals surface area contributed by atoms with Gasteiger partial charge in [-0.2, -0.15) is 5.26 Å². The zero-order valence-electron chi connectivity index (χ0n) is 11.5. The third kappa shape index (κ3) is 3.95. The number of pyridine rings is 2. The number of ether oxygens (including phenoxy) is 1. The highest BCUT2D eigenvalue weighted by molar-refractivity contribution is 5.39. The quantitative estimate of drug-likeness (QED) is 0.902. The van der Waals surface area contributed by atoms with Gasteiger partial charge in [-0.3, -0.25) is 0 Å². The summed E-state index contributed by atoms with van der Waals surface area (Å²) in [5, 5.41) is 12.0. The first-order valence-corrected chi connectivity index (χ1v) is 6.40. The van der Waals surface area contributed by atoms with Crippen molar-refractivity contribution in [1.29, 1.82) is 5.26 Å². The van der Waals surface area contributed by atoms with Crippen molar-refractivity contribution in [3.63, 3.8) is 0 Å². The molecule has 102 valence electrons. The van der Waals surface area contributed by atoms with Crippen LogP contribution in [0.15, 0.2) is 36.5 Å². The van der Waals surface area contributed by atoms with Gasteiger partial charge in [-0.05, 0) is 37.6 Å². The fourth-order valence-corrected chi connectivity index (χ4v) is 1.65. The van der Waals surface area contributed by atoms with Crippen LogP contribution in [0.5, 0.6) is 5.88 Å². The van der Waals surface area contributed by atoms with E-state index < -0.39 is 0 Å². The number of nitrogens with zero attached hydrogens (tertiary/aromatic N) is 3. The second kappa shape index (κ2) is 6.53. The minimum absolute atomic E-state index is 0.0969. The third-order valence-electron chi connectivity index (χ3n) is 2.49. The van der Waals surface area contributed by atoms with Gasteiger partial charge < -0.3 is 10.1 Å². The molecule has 2 aromatic heterocycles. The molecule has 0 amide bonds. The van der Waals surface area contributed by atoms with Gasteiger partial charge in [-0.15, -0.1) is 0 Å². The molecule has 0 spiro atoms. The van der Waals surface area contributed by atoms with E-state index in [4.69, 9.17) is 10.00 Å². The molecule has 0 aromatic carbocycles. The van der Waals surface area contributed by atoms with Crippen LogP contribution in [0.4, 0.5) is 5.82 Å². The number of nitriles is 1. The third-order valence-corrected chi connectivity index (χ3v) is 2.49. The van der Waals surface area contributed by atoms with Gasteiger partial charge in [0.05, 0.1) is 6.10 Å². The monoisotopic (exact) mass is 268 g/mol. The molecule has 0 aliphatic rings. The lowest BCUT2D eigenvalue weighted by atomic mass is 10.2. The average molecular weight is 268 g/mol. The Bertz CT molecular complexity index is 619. The predicted molar refractivity (Wildman–Crippen MR) is 76.3 cm³/mol. The molecule has 2 rings (SSSR count). The zero-order chi connectivity index (χ0) is 14.4. The van der Waals surface area contributed by atoms with Gasteiger partial charge in [0.2, 0.25) is 5.88 Å². The molecule has 5 nitrogen and oxygen atoms in total. The van der Waals surface area contributed by atoms with Crippen molar-refractivity contribution < 1.29 is 4.74 Å². The lowest BCUT2D eigenvalue weighted by Gasteiger charge is -2.10. The van der Waals surface area contributed by atoms with E-state index in [0.717, 1.165) is 5.56 Å². The highest BCUT2D eigenvalue weighted by Gasteiger charge is 2.02. The number of nitrogens with one attached hydrogen (secondary N) is 1. The number of hydrogen-bond donors (Lipinski definition) is 1. The van der Waals surface area contributed by atoms with Gasteiger partial charge in [0.15, 0.2) is 0 Å². The summed E-state index contributed by atoms with van der Waals surface area (Å²) in [5.74, 6) is 1.28. The first kappa shape index (κ1) is 13.8. The molecule has 0 atom stereocenters. The number of aromatic nitrogens is 2. The topological polar surface area (TPSA) is 70.8 Å². The van der Waals surface area contributed by atoms with Crippen LogP contribution in [0.1, 0.15) is 25.1 Å². The van der Waals surface area contributed by atoms with E-state index in [1.807, 2.05) is 38.1 Å². The second-order valence-electron chi connectivity index (χ2n) is 4.54. The van der Waals surface area contributed by atoms with E-state index in [-0.39, 0.29) is 6.10 Å². The van der Waals surface area contributed by atoms with Crippen molar-refractivity contribution in [3.8, 4) is 11.9 Å². The van der Waals surface area contributed by atoms with Crippen LogP contribution in [0.25, 0.3) is 0 Å². The Labute approximate surface area is 118 Å². The Balaban J connectivity index is 2.01. The fourth-order valence-electron chi connectivity index (χ4n) is 1.65. The van der Waals surface area contributed by atoms with E-state index >= 15 is 0 Å². The summed E-state index contributed by atoms with van der Waals surface area (Å²) >= 11 is 0. The summed E-state index contributed by atoms with van der Waals surface area (Å²) in [6, 6.07) is 11.1. The lowest BCUT2D eigenvalue weighted by molar-refractivity contribution is 0.232. The molecule has 0 unspecified atom stereocenters. The molecule has 0 saturated carbocycles. The Morgan fingerprint density at radius 3 is 2.95 bits per heavy atom. The van der Waals surface area contributed by atoms with Crippen LogP contribution >= 0.6 is 0 Å². The normalized spacial score (nSPS) is 10.1. The van der Waals surface area contributed by atoms with Crippen LogP contribution in [0.2, 0.25) is 0 Å². The van der Waals surface area contributed by atoms with E-state index in [0.29, 0.717) is 23.9 Å². The fraction of sp³-hybridized carbons (Fsp3) is 0.267. The summed E-state index contributed by atoms with van der Waals surface area (Å²) in [5.41, 5.74) is 1.44. The Morgan fingerprint density at radius 1 is 1.35 bits per heavy atom. The van der Waals surface area contributed by atoms with Crippen LogP contribution in [-0.4, -0.2) is 16.1 Å². The van der Waals surface area contributed by atoms with E-state index in [1.54, 1.807) is 18.3 Å². The van der Waals surface area contributed by atoms with Crippen LogP contribution in [-0.2, 0) is 6.54 Å². The van der Waals surface area contributed by atoms with Crippen molar-refractivity contribution in [2.24, 2.45) is 0 Å². The van der Waals surface area contributed by atoms with Crippen molar-refractivity contribution >= 4 is 5.82 Å². The lowest BCUT2D eigenvalue weighted by Crippen LogP contribution is -2.08. The first-order chi connectivity index (χ1) is 9.67. The maximum atomic E-state index is 8.80. The molecule has 0 aliphatic carbocycles. The molecule has 0 radical (unpaired) electrons. The van der Waals surface area contributed by atoms with E-state index in [9.17, 15) is 0 Å². The molecule has 5 heteroatoms.